The molecular weight excluding hydrogens is 407 g/mol. The quantitative estimate of drug-likeness (QED) is 0.651. The number of hydrogen-bond donors (Lipinski definition) is 0. The molecule has 0 spiro atoms. The van der Waals surface area contributed by atoms with Crippen molar-refractivity contribution < 1.29 is 35.9 Å². The number of carbonyl (C=O) groups excluding carboxylic acids is 1. The maximum absolute atomic E-state index is 13.5. The third-order valence-electron chi connectivity index (χ3n) is 4.57. The van der Waals surface area contributed by atoms with Crippen LogP contribution in [0.15, 0.2) is 22.4 Å². The number of pyridine rings is 1. The van der Waals surface area contributed by atoms with E-state index in [1.807, 2.05) is 0 Å². The van der Waals surface area contributed by atoms with Crippen molar-refractivity contribution in [3.8, 4) is 0 Å². The molecule has 14 heteroatoms. The van der Waals surface area contributed by atoms with E-state index >= 15 is 0 Å². The van der Waals surface area contributed by atoms with Gasteiger partial charge in [-0.05, 0) is 12.1 Å². The van der Waals surface area contributed by atoms with Crippen molar-refractivity contribution >= 4 is 27.6 Å². The second-order valence-corrected chi connectivity index (χ2v) is 8.18. The molecule has 0 saturated carbocycles. The van der Waals surface area contributed by atoms with Crippen LogP contribution in [0, 0.1) is 0 Å². The SMILES string of the molecule is COC12OC1(c1ccc(C(F)(F)F)n3c(S(C)(=O)=O)nnc13)C=NN(C)C2=O. The fraction of sp³-hybridized carbons (Fsp3) is 0.429. The van der Waals surface area contributed by atoms with Gasteiger partial charge in [0.1, 0.15) is 5.69 Å². The molecule has 0 aliphatic carbocycles. The number of rotatable bonds is 3. The molecule has 0 N–H and O–H groups in total. The number of ether oxygens (including phenoxy) is 2. The summed E-state index contributed by atoms with van der Waals surface area (Å²) in [6.07, 6.45) is -2.99. The maximum atomic E-state index is 13.5. The zero-order valence-electron chi connectivity index (χ0n) is 14.6. The molecule has 2 aliphatic heterocycles. The minimum absolute atomic E-state index is 0.0463. The van der Waals surface area contributed by atoms with Crippen LogP contribution in [0.1, 0.15) is 11.3 Å². The number of hydrazone groups is 1. The second kappa shape index (κ2) is 5.27. The molecule has 10 nitrogen and oxygen atoms in total. The molecular formula is C14H12F3N5O5S. The standard InChI is InChI=1S/C14H12F3N5O5S/c1-21-10(23)13(26-2)12(27-13,6-18-21)7-4-5-8(14(15,16)17)22-9(7)19-20-11(22)28(3,24)25/h4-6H,1-3H3. The average Bonchev–Trinajstić information content (AvgIpc) is 3.07. The molecule has 4 heterocycles. The lowest BCUT2D eigenvalue weighted by atomic mass is 9.92. The van der Waals surface area contributed by atoms with Crippen LogP contribution in [0.4, 0.5) is 13.2 Å². The molecule has 2 atom stereocenters. The molecule has 1 amide bonds. The molecule has 1 fully saturated rings. The summed E-state index contributed by atoms with van der Waals surface area (Å²) in [6.45, 7) is 0. The van der Waals surface area contributed by atoms with Gasteiger partial charge in [0.25, 0.3) is 10.9 Å². The number of carbonyl (C=O) groups is 1. The van der Waals surface area contributed by atoms with E-state index in [9.17, 15) is 26.4 Å². The lowest BCUT2D eigenvalue weighted by Crippen LogP contribution is -2.46. The van der Waals surface area contributed by atoms with Crippen LogP contribution in [0.2, 0.25) is 0 Å². The van der Waals surface area contributed by atoms with Gasteiger partial charge >= 0.3 is 12.1 Å². The highest BCUT2D eigenvalue weighted by Gasteiger charge is 2.80. The summed E-state index contributed by atoms with van der Waals surface area (Å²) >= 11 is 0. The van der Waals surface area contributed by atoms with Crippen LogP contribution in [-0.4, -0.2) is 66.3 Å². The Hall–Kier alpha value is -2.58. The Morgan fingerprint density at radius 2 is 1.93 bits per heavy atom. The summed E-state index contributed by atoms with van der Waals surface area (Å²) in [5, 5.41) is 11.0. The molecule has 2 aromatic heterocycles. The van der Waals surface area contributed by atoms with Gasteiger partial charge < -0.3 is 9.47 Å². The van der Waals surface area contributed by atoms with Crippen molar-refractivity contribution in [2.24, 2.45) is 5.10 Å². The van der Waals surface area contributed by atoms with Crippen LogP contribution < -0.4 is 0 Å². The predicted octanol–water partition coefficient (Wildman–Crippen LogP) is 0.178. The molecule has 1 saturated heterocycles. The summed E-state index contributed by atoms with van der Waals surface area (Å²) in [6, 6.07) is 1.69. The average molecular weight is 419 g/mol. The topological polar surface area (TPSA) is 119 Å². The van der Waals surface area contributed by atoms with Gasteiger partial charge in [0, 0.05) is 26.0 Å². The van der Waals surface area contributed by atoms with Crippen LogP contribution in [0.5, 0.6) is 0 Å². The highest BCUT2D eigenvalue weighted by atomic mass is 32.2. The molecule has 0 radical (unpaired) electrons. The molecule has 2 aliphatic rings. The van der Waals surface area contributed by atoms with Gasteiger partial charge in [-0.3, -0.25) is 9.20 Å². The van der Waals surface area contributed by atoms with Crippen molar-refractivity contribution in [1.29, 1.82) is 0 Å². The van der Waals surface area contributed by atoms with Gasteiger partial charge in [0.2, 0.25) is 15.4 Å². The number of fused-ring (bicyclic) bond motifs is 2. The van der Waals surface area contributed by atoms with E-state index in [1.54, 1.807) is 0 Å². The van der Waals surface area contributed by atoms with Gasteiger partial charge in [-0.15, -0.1) is 10.2 Å². The summed E-state index contributed by atoms with van der Waals surface area (Å²) in [7, 11) is -1.61. The van der Waals surface area contributed by atoms with Crippen molar-refractivity contribution in [3.05, 3.63) is 23.4 Å². The lowest BCUT2D eigenvalue weighted by Gasteiger charge is -2.24. The third-order valence-corrected chi connectivity index (χ3v) is 5.50. The summed E-state index contributed by atoms with van der Waals surface area (Å²) in [4.78, 5) is 12.5. The first kappa shape index (κ1) is 18.8. The molecule has 150 valence electrons. The Balaban J connectivity index is 2.06. The Morgan fingerprint density at radius 1 is 1.25 bits per heavy atom. The predicted molar refractivity (Wildman–Crippen MR) is 84.9 cm³/mol. The highest BCUT2D eigenvalue weighted by Crippen LogP contribution is 2.58. The fourth-order valence-electron chi connectivity index (χ4n) is 3.25. The minimum atomic E-state index is -4.89. The number of methoxy groups -OCH3 is 1. The van der Waals surface area contributed by atoms with Gasteiger partial charge in [-0.1, -0.05) is 0 Å². The summed E-state index contributed by atoms with van der Waals surface area (Å²) in [5.41, 5.74) is -3.46. The number of likely N-dealkylation sites (N-methyl/N-ethyl adjacent to an activating group) is 1. The van der Waals surface area contributed by atoms with Crippen molar-refractivity contribution in [3.63, 3.8) is 0 Å². The van der Waals surface area contributed by atoms with E-state index in [0.29, 0.717) is 16.7 Å². The number of aromatic nitrogens is 3. The van der Waals surface area contributed by atoms with Crippen molar-refractivity contribution in [2.45, 2.75) is 22.7 Å². The van der Waals surface area contributed by atoms with E-state index in [-0.39, 0.29) is 5.56 Å². The van der Waals surface area contributed by atoms with Gasteiger partial charge in [-0.2, -0.15) is 18.3 Å². The molecule has 4 rings (SSSR count). The summed E-state index contributed by atoms with van der Waals surface area (Å²) < 4.78 is 75.5. The number of hydrogen-bond acceptors (Lipinski definition) is 8. The summed E-state index contributed by atoms with van der Waals surface area (Å²) in [5.74, 6) is -2.53. The fourth-order valence-corrected chi connectivity index (χ4v) is 3.96. The highest BCUT2D eigenvalue weighted by molar-refractivity contribution is 7.90. The first-order valence-electron chi connectivity index (χ1n) is 7.63. The third kappa shape index (κ3) is 2.18. The smallest absolute Gasteiger partial charge is 0.343 e. The van der Waals surface area contributed by atoms with Crippen molar-refractivity contribution in [2.75, 3.05) is 20.4 Å². The van der Waals surface area contributed by atoms with Crippen LogP contribution in [0.3, 0.4) is 0 Å². The first-order valence-corrected chi connectivity index (χ1v) is 9.53. The minimum Gasteiger partial charge on any atom is -0.343 e. The van der Waals surface area contributed by atoms with Gasteiger partial charge in [-0.25, -0.2) is 13.4 Å². The Morgan fingerprint density at radius 3 is 2.50 bits per heavy atom. The number of halogens is 3. The van der Waals surface area contributed by atoms with E-state index in [1.165, 1.54) is 20.4 Å². The zero-order chi connectivity index (χ0) is 20.7. The second-order valence-electron chi connectivity index (χ2n) is 6.28. The first-order chi connectivity index (χ1) is 12.9. The number of alkyl halides is 3. The van der Waals surface area contributed by atoms with Crippen molar-refractivity contribution in [1.82, 2.24) is 19.6 Å². The Bertz CT molecular complexity index is 1160. The number of sulfone groups is 1. The maximum Gasteiger partial charge on any atom is 0.431 e. The lowest BCUT2D eigenvalue weighted by molar-refractivity contribution is -0.153. The Kier molecular flexibility index (Phi) is 3.53. The molecule has 2 aromatic rings. The molecule has 0 aromatic carbocycles. The zero-order valence-corrected chi connectivity index (χ0v) is 15.4. The van der Waals surface area contributed by atoms with Crippen LogP contribution in [-0.2, 0) is 35.9 Å². The largest absolute Gasteiger partial charge is 0.431 e. The van der Waals surface area contributed by atoms with E-state index in [4.69, 9.17) is 9.47 Å². The number of amides is 1. The van der Waals surface area contributed by atoms with Crippen LogP contribution >= 0.6 is 0 Å². The number of epoxide rings is 1. The van der Waals surface area contributed by atoms with Gasteiger partial charge in [0.15, 0.2) is 5.65 Å². The number of nitrogens with zero attached hydrogens (tertiary/aromatic N) is 5. The van der Waals surface area contributed by atoms with Gasteiger partial charge in [0.05, 0.1) is 6.21 Å². The Labute approximate surface area is 155 Å². The van der Waals surface area contributed by atoms with E-state index < -0.39 is 49.8 Å². The van der Waals surface area contributed by atoms with E-state index in [0.717, 1.165) is 11.1 Å². The molecule has 2 unspecified atom stereocenters. The van der Waals surface area contributed by atoms with E-state index in [2.05, 4.69) is 15.3 Å². The monoisotopic (exact) mass is 419 g/mol. The molecule has 0 bridgehead atoms. The van der Waals surface area contributed by atoms with Crippen LogP contribution in [0.25, 0.3) is 5.65 Å². The molecule has 28 heavy (non-hydrogen) atoms. The normalized spacial score (nSPS) is 27.4.